The van der Waals surface area contributed by atoms with Crippen molar-refractivity contribution in [1.82, 2.24) is 5.32 Å². The van der Waals surface area contributed by atoms with Crippen LogP contribution in [0.2, 0.25) is 0 Å². The minimum absolute atomic E-state index is 0.135. The van der Waals surface area contributed by atoms with Crippen LogP contribution in [0.25, 0.3) is 0 Å². The quantitative estimate of drug-likeness (QED) is 0.708. The highest BCUT2D eigenvalue weighted by atomic mass is 32.1. The molecule has 3 N–H and O–H groups in total. The van der Waals surface area contributed by atoms with Gasteiger partial charge in [0.25, 0.3) is 5.91 Å². The summed E-state index contributed by atoms with van der Waals surface area (Å²) in [6, 6.07) is 1.75. The van der Waals surface area contributed by atoms with Crippen LogP contribution >= 0.6 is 23.6 Å². The molecule has 0 atom stereocenters. The summed E-state index contributed by atoms with van der Waals surface area (Å²) >= 11 is 6.09. The lowest BCUT2D eigenvalue weighted by molar-refractivity contribution is 0.0960. The first-order valence-corrected chi connectivity index (χ1v) is 4.64. The van der Waals surface area contributed by atoms with Crippen molar-refractivity contribution in [1.29, 1.82) is 0 Å². The molecule has 1 amide bonds. The SMILES string of the molecule is NC(=S)CNC(=O)c1ccsc1. The Labute approximate surface area is 79.6 Å². The van der Waals surface area contributed by atoms with Crippen molar-refractivity contribution in [3.63, 3.8) is 0 Å². The van der Waals surface area contributed by atoms with Crippen LogP contribution in [0.5, 0.6) is 0 Å². The normalized spacial score (nSPS) is 9.33. The van der Waals surface area contributed by atoms with Gasteiger partial charge >= 0.3 is 0 Å². The number of thiocarbonyl (C=S) groups is 1. The van der Waals surface area contributed by atoms with E-state index >= 15 is 0 Å². The van der Waals surface area contributed by atoms with Gasteiger partial charge in [0.2, 0.25) is 0 Å². The maximum Gasteiger partial charge on any atom is 0.252 e. The van der Waals surface area contributed by atoms with Crippen LogP contribution < -0.4 is 11.1 Å². The molecule has 0 saturated carbocycles. The van der Waals surface area contributed by atoms with Gasteiger partial charge in [0.05, 0.1) is 11.5 Å². The standard InChI is InChI=1S/C7H8N2OS2/c8-6(11)3-9-7(10)5-1-2-12-4-5/h1-2,4H,3H2,(H2,8,11)(H,9,10). The first kappa shape index (κ1) is 9.15. The van der Waals surface area contributed by atoms with E-state index in [2.05, 4.69) is 17.5 Å². The third-order valence-corrected chi connectivity index (χ3v) is 2.03. The van der Waals surface area contributed by atoms with Gasteiger partial charge in [-0.2, -0.15) is 11.3 Å². The average Bonchev–Trinajstić information content (AvgIpc) is 2.51. The second kappa shape index (κ2) is 4.18. The average molecular weight is 200 g/mol. The molecule has 1 rings (SSSR count). The van der Waals surface area contributed by atoms with E-state index in [0.717, 1.165) is 0 Å². The minimum Gasteiger partial charge on any atom is -0.392 e. The fraction of sp³-hybridized carbons (Fsp3) is 0.143. The molecule has 0 unspecified atom stereocenters. The van der Waals surface area contributed by atoms with Crippen molar-refractivity contribution < 1.29 is 4.79 Å². The summed E-state index contributed by atoms with van der Waals surface area (Å²) in [6.07, 6.45) is 0. The van der Waals surface area contributed by atoms with E-state index in [-0.39, 0.29) is 12.5 Å². The van der Waals surface area contributed by atoms with Crippen LogP contribution in [0.4, 0.5) is 0 Å². The molecule has 0 aliphatic heterocycles. The zero-order valence-electron chi connectivity index (χ0n) is 6.24. The molecule has 0 radical (unpaired) electrons. The number of carbonyl (C=O) groups is 1. The van der Waals surface area contributed by atoms with E-state index < -0.39 is 0 Å². The van der Waals surface area contributed by atoms with Crippen molar-refractivity contribution >= 4 is 34.5 Å². The van der Waals surface area contributed by atoms with Gasteiger partial charge in [0.1, 0.15) is 0 Å². The van der Waals surface area contributed by atoms with Crippen molar-refractivity contribution in [3.05, 3.63) is 22.4 Å². The maximum absolute atomic E-state index is 11.2. The molecule has 0 fully saturated rings. The number of carbonyl (C=O) groups excluding carboxylic acids is 1. The van der Waals surface area contributed by atoms with E-state index in [1.54, 1.807) is 11.4 Å². The summed E-state index contributed by atoms with van der Waals surface area (Å²) in [7, 11) is 0. The van der Waals surface area contributed by atoms with Crippen LogP contribution in [-0.2, 0) is 0 Å². The second-order valence-corrected chi connectivity index (χ2v) is 3.47. The molecule has 1 aromatic heterocycles. The Bertz CT molecular complexity index is 282. The van der Waals surface area contributed by atoms with E-state index in [1.165, 1.54) is 11.3 Å². The molecule has 3 nitrogen and oxygen atoms in total. The Hall–Kier alpha value is -0.940. The van der Waals surface area contributed by atoms with Gasteiger partial charge in [-0.1, -0.05) is 12.2 Å². The van der Waals surface area contributed by atoms with Crippen LogP contribution in [0, 0.1) is 0 Å². The van der Waals surface area contributed by atoms with E-state index in [9.17, 15) is 4.79 Å². The van der Waals surface area contributed by atoms with Crippen LogP contribution in [0.15, 0.2) is 16.8 Å². The Balaban J connectivity index is 2.45. The molecule has 0 aliphatic rings. The summed E-state index contributed by atoms with van der Waals surface area (Å²) in [5.41, 5.74) is 5.86. The van der Waals surface area contributed by atoms with E-state index in [4.69, 9.17) is 5.73 Å². The minimum atomic E-state index is -0.135. The number of hydrogen-bond acceptors (Lipinski definition) is 3. The molecule has 0 aliphatic carbocycles. The van der Waals surface area contributed by atoms with Gasteiger partial charge in [-0.05, 0) is 11.4 Å². The lowest BCUT2D eigenvalue weighted by Gasteiger charge is -2.00. The Morgan fingerprint density at radius 2 is 2.50 bits per heavy atom. The largest absolute Gasteiger partial charge is 0.392 e. The molecule has 1 heterocycles. The third kappa shape index (κ3) is 2.60. The molecule has 0 spiro atoms. The highest BCUT2D eigenvalue weighted by Crippen LogP contribution is 2.04. The van der Waals surface area contributed by atoms with Gasteiger partial charge in [0.15, 0.2) is 0 Å². The number of rotatable bonds is 3. The summed E-state index contributed by atoms with van der Waals surface area (Å²) in [5, 5.41) is 6.20. The van der Waals surface area contributed by atoms with Gasteiger partial charge in [0, 0.05) is 10.9 Å². The molecule has 12 heavy (non-hydrogen) atoms. The molecular weight excluding hydrogens is 192 g/mol. The highest BCUT2D eigenvalue weighted by Gasteiger charge is 2.03. The van der Waals surface area contributed by atoms with Crippen LogP contribution in [0.1, 0.15) is 10.4 Å². The van der Waals surface area contributed by atoms with E-state index in [1.807, 2.05) is 5.38 Å². The van der Waals surface area contributed by atoms with E-state index in [0.29, 0.717) is 10.6 Å². The van der Waals surface area contributed by atoms with Crippen molar-refractivity contribution in [3.8, 4) is 0 Å². The summed E-state index contributed by atoms with van der Waals surface area (Å²) in [5.74, 6) is -0.135. The summed E-state index contributed by atoms with van der Waals surface area (Å²) < 4.78 is 0. The molecular formula is C7H8N2OS2. The summed E-state index contributed by atoms with van der Waals surface area (Å²) in [4.78, 5) is 11.5. The van der Waals surface area contributed by atoms with Gasteiger partial charge in [-0.25, -0.2) is 0 Å². The monoisotopic (exact) mass is 200 g/mol. The second-order valence-electron chi connectivity index (χ2n) is 2.16. The Kier molecular flexibility index (Phi) is 3.19. The zero-order chi connectivity index (χ0) is 8.97. The predicted octanol–water partition coefficient (Wildman–Crippen LogP) is 0.764. The predicted molar refractivity (Wildman–Crippen MR) is 53.4 cm³/mol. The number of hydrogen-bond donors (Lipinski definition) is 2. The maximum atomic E-state index is 11.2. The molecule has 1 aromatic rings. The number of nitrogens with two attached hydrogens (primary N) is 1. The fourth-order valence-corrected chi connectivity index (χ4v) is 1.37. The number of thiophene rings is 1. The van der Waals surface area contributed by atoms with Crippen LogP contribution in [0.3, 0.4) is 0 Å². The molecule has 0 saturated heterocycles. The van der Waals surface area contributed by atoms with Gasteiger partial charge in [-0.3, -0.25) is 4.79 Å². The number of amides is 1. The van der Waals surface area contributed by atoms with Crippen molar-refractivity contribution in [2.45, 2.75) is 0 Å². The molecule has 64 valence electrons. The van der Waals surface area contributed by atoms with Gasteiger partial charge < -0.3 is 11.1 Å². The topological polar surface area (TPSA) is 55.1 Å². The number of nitrogens with one attached hydrogen (secondary N) is 1. The van der Waals surface area contributed by atoms with Crippen LogP contribution in [-0.4, -0.2) is 17.4 Å². The lowest BCUT2D eigenvalue weighted by Crippen LogP contribution is -2.31. The smallest absolute Gasteiger partial charge is 0.252 e. The van der Waals surface area contributed by atoms with Crippen molar-refractivity contribution in [2.75, 3.05) is 6.54 Å². The highest BCUT2D eigenvalue weighted by molar-refractivity contribution is 7.80. The van der Waals surface area contributed by atoms with Gasteiger partial charge in [-0.15, -0.1) is 0 Å². The molecule has 5 heteroatoms. The molecule has 0 bridgehead atoms. The lowest BCUT2D eigenvalue weighted by atomic mass is 10.3. The fourth-order valence-electron chi connectivity index (χ4n) is 0.663. The first-order chi connectivity index (χ1) is 5.70. The summed E-state index contributed by atoms with van der Waals surface area (Å²) in [6.45, 7) is 0.254. The third-order valence-electron chi connectivity index (χ3n) is 1.21. The Morgan fingerprint density at radius 1 is 1.75 bits per heavy atom. The first-order valence-electron chi connectivity index (χ1n) is 3.29. The Morgan fingerprint density at radius 3 is 3.00 bits per heavy atom. The zero-order valence-corrected chi connectivity index (χ0v) is 7.87. The van der Waals surface area contributed by atoms with Crippen molar-refractivity contribution in [2.24, 2.45) is 5.73 Å². The molecule has 0 aromatic carbocycles.